The number of pyridine rings is 1. The number of hydrogen-bond acceptors (Lipinski definition) is 6. The Morgan fingerprint density at radius 3 is 2.32 bits per heavy atom. The van der Waals surface area contributed by atoms with E-state index in [0.717, 1.165) is 23.5 Å². The van der Waals surface area contributed by atoms with Gasteiger partial charge in [0.2, 0.25) is 11.6 Å². The van der Waals surface area contributed by atoms with E-state index in [1.54, 1.807) is 12.1 Å². The number of ketones is 2. The highest BCUT2D eigenvalue weighted by Crippen LogP contribution is 2.50. The smallest absolute Gasteiger partial charge is 0.276 e. The molecule has 9 heteroatoms. The van der Waals surface area contributed by atoms with E-state index >= 15 is 0 Å². The molecule has 1 fully saturated rings. The standard InChI is InChI=1S/C22H17F2N3O3S/c1-11(2)16-19(31-21(26-16)27-20(30)15-8-3-4-9-25-15)22(17(28)18(22)29)10-12-13(23)6-5-7-14(12)24/h3-9,11H,10H2,1-2H3,(H,26,27,30). The molecule has 0 atom stereocenters. The van der Waals surface area contributed by atoms with Crippen molar-refractivity contribution < 1.29 is 23.2 Å². The molecule has 1 aromatic carbocycles. The Bertz CT molecular complexity index is 1170. The molecule has 1 aliphatic carbocycles. The molecule has 0 saturated heterocycles. The topological polar surface area (TPSA) is 89.0 Å². The van der Waals surface area contributed by atoms with Crippen LogP contribution in [0.1, 0.15) is 46.4 Å². The summed E-state index contributed by atoms with van der Waals surface area (Å²) >= 11 is 0.961. The van der Waals surface area contributed by atoms with Crippen molar-refractivity contribution in [1.82, 2.24) is 9.97 Å². The van der Waals surface area contributed by atoms with Crippen molar-refractivity contribution in [2.24, 2.45) is 0 Å². The van der Waals surface area contributed by atoms with E-state index < -0.39 is 40.9 Å². The van der Waals surface area contributed by atoms with Gasteiger partial charge in [0.1, 0.15) is 22.7 Å². The Morgan fingerprint density at radius 1 is 1.10 bits per heavy atom. The molecule has 6 nitrogen and oxygen atoms in total. The van der Waals surface area contributed by atoms with Gasteiger partial charge in [0, 0.05) is 18.2 Å². The number of halogens is 2. The molecule has 31 heavy (non-hydrogen) atoms. The summed E-state index contributed by atoms with van der Waals surface area (Å²) in [5.74, 6) is -3.79. The molecule has 1 saturated carbocycles. The van der Waals surface area contributed by atoms with Gasteiger partial charge in [-0.1, -0.05) is 37.3 Å². The number of thiazole rings is 1. The average Bonchev–Trinajstić information content (AvgIpc) is 3.07. The van der Waals surface area contributed by atoms with Crippen molar-refractivity contribution in [2.75, 3.05) is 5.32 Å². The predicted octanol–water partition coefficient (Wildman–Crippen LogP) is 3.82. The SMILES string of the molecule is CC(C)c1nc(NC(=O)c2ccccn2)sc1C1(Cc2c(F)cccc2F)C(=O)C1=O. The normalized spacial score (nSPS) is 14.7. The molecule has 3 aromatic rings. The highest BCUT2D eigenvalue weighted by Gasteiger charge is 2.68. The van der Waals surface area contributed by atoms with E-state index in [1.165, 1.54) is 18.3 Å². The van der Waals surface area contributed by atoms with Gasteiger partial charge in [0.15, 0.2) is 5.13 Å². The molecular weight excluding hydrogens is 424 g/mol. The maximum Gasteiger partial charge on any atom is 0.276 e. The van der Waals surface area contributed by atoms with Gasteiger partial charge in [-0.15, -0.1) is 0 Å². The van der Waals surface area contributed by atoms with E-state index in [-0.39, 0.29) is 22.3 Å². The zero-order valence-electron chi connectivity index (χ0n) is 16.6. The highest BCUT2D eigenvalue weighted by atomic mass is 32.1. The largest absolute Gasteiger partial charge is 0.296 e. The number of aromatic nitrogens is 2. The number of carbonyl (C=O) groups excluding carboxylic acids is 3. The number of rotatable bonds is 6. The van der Waals surface area contributed by atoms with E-state index in [2.05, 4.69) is 15.3 Å². The van der Waals surface area contributed by atoms with E-state index in [4.69, 9.17) is 0 Å². The van der Waals surface area contributed by atoms with Crippen LogP contribution in [0.5, 0.6) is 0 Å². The van der Waals surface area contributed by atoms with Crippen LogP contribution in [0.4, 0.5) is 13.9 Å². The van der Waals surface area contributed by atoms with Crippen LogP contribution in [0.15, 0.2) is 42.6 Å². The highest BCUT2D eigenvalue weighted by molar-refractivity contribution is 7.17. The van der Waals surface area contributed by atoms with Gasteiger partial charge in [-0.2, -0.15) is 0 Å². The molecule has 1 amide bonds. The Hall–Kier alpha value is -3.33. The number of nitrogens with one attached hydrogen (secondary N) is 1. The Kier molecular flexibility index (Phi) is 5.22. The van der Waals surface area contributed by atoms with Gasteiger partial charge in [-0.25, -0.2) is 13.8 Å². The predicted molar refractivity (Wildman–Crippen MR) is 110 cm³/mol. The maximum absolute atomic E-state index is 14.3. The first-order valence-corrected chi connectivity index (χ1v) is 10.3. The molecule has 0 spiro atoms. The minimum absolute atomic E-state index is 0.173. The first kappa shape index (κ1) is 20.9. The third-order valence-electron chi connectivity index (χ3n) is 5.13. The van der Waals surface area contributed by atoms with Gasteiger partial charge in [0.05, 0.1) is 10.6 Å². The fourth-order valence-electron chi connectivity index (χ4n) is 3.42. The monoisotopic (exact) mass is 441 g/mol. The molecule has 1 N–H and O–H groups in total. The molecule has 158 valence electrons. The van der Waals surface area contributed by atoms with Crippen LogP contribution < -0.4 is 5.32 Å². The zero-order chi connectivity index (χ0) is 22.3. The van der Waals surface area contributed by atoms with Gasteiger partial charge in [0.25, 0.3) is 5.91 Å². The molecule has 0 unspecified atom stereocenters. The molecular formula is C22H17F2N3O3S. The quantitative estimate of drug-likeness (QED) is 0.464. The number of carbonyl (C=O) groups is 3. The number of amides is 1. The van der Waals surface area contributed by atoms with Crippen LogP contribution in [0.3, 0.4) is 0 Å². The summed E-state index contributed by atoms with van der Waals surface area (Å²) in [6, 6.07) is 8.24. The number of hydrogen-bond donors (Lipinski definition) is 1. The van der Waals surface area contributed by atoms with Crippen molar-refractivity contribution in [3.8, 4) is 0 Å². The van der Waals surface area contributed by atoms with Crippen LogP contribution in [-0.2, 0) is 21.4 Å². The molecule has 2 aromatic heterocycles. The summed E-state index contributed by atoms with van der Waals surface area (Å²) < 4.78 is 28.5. The Balaban J connectivity index is 1.74. The third kappa shape index (κ3) is 3.54. The zero-order valence-corrected chi connectivity index (χ0v) is 17.4. The minimum Gasteiger partial charge on any atom is -0.296 e. The van der Waals surface area contributed by atoms with Crippen molar-refractivity contribution in [2.45, 2.75) is 31.6 Å². The lowest BCUT2D eigenvalue weighted by atomic mass is 9.90. The second-order valence-electron chi connectivity index (χ2n) is 7.50. The van der Waals surface area contributed by atoms with Crippen LogP contribution in [0, 0.1) is 11.6 Å². The average molecular weight is 441 g/mol. The van der Waals surface area contributed by atoms with Crippen molar-refractivity contribution in [3.05, 3.63) is 76.1 Å². The summed E-state index contributed by atoms with van der Waals surface area (Å²) in [5, 5.41) is 2.80. The number of benzene rings is 1. The van der Waals surface area contributed by atoms with Crippen molar-refractivity contribution in [1.29, 1.82) is 0 Å². The lowest BCUT2D eigenvalue weighted by Crippen LogP contribution is -2.19. The summed E-state index contributed by atoms with van der Waals surface area (Å²) in [4.78, 5) is 46.1. The van der Waals surface area contributed by atoms with Gasteiger partial charge < -0.3 is 0 Å². The van der Waals surface area contributed by atoms with Gasteiger partial charge >= 0.3 is 0 Å². The van der Waals surface area contributed by atoms with E-state index in [9.17, 15) is 23.2 Å². The van der Waals surface area contributed by atoms with Crippen LogP contribution in [0.2, 0.25) is 0 Å². The molecule has 0 radical (unpaired) electrons. The Morgan fingerprint density at radius 2 is 1.77 bits per heavy atom. The summed E-state index contributed by atoms with van der Waals surface area (Å²) in [5.41, 5.74) is -1.41. The van der Waals surface area contributed by atoms with E-state index in [1.807, 2.05) is 13.8 Å². The lowest BCUT2D eigenvalue weighted by Gasteiger charge is -2.14. The lowest BCUT2D eigenvalue weighted by molar-refractivity contribution is -0.122. The van der Waals surface area contributed by atoms with Crippen LogP contribution in [-0.4, -0.2) is 27.4 Å². The first-order chi connectivity index (χ1) is 14.8. The number of Topliss-reactive ketones (excluding diaryl/α,β-unsaturated/α-hetero) is 2. The maximum atomic E-state index is 14.3. The minimum atomic E-state index is -1.69. The summed E-state index contributed by atoms with van der Waals surface area (Å²) in [6.45, 7) is 3.63. The third-order valence-corrected chi connectivity index (χ3v) is 6.28. The molecule has 0 bridgehead atoms. The van der Waals surface area contributed by atoms with E-state index in [0.29, 0.717) is 10.6 Å². The number of nitrogens with zero attached hydrogens (tertiary/aromatic N) is 2. The summed E-state index contributed by atoms with van der Waals surface area (Å²) in [7, 11) is 0. The molecule has 0 aliphatic heterocycles. The van der Waals surface area contributed by atoms with Crippen molar-refractivity contribution in [3.63, 3.8) is 0 Å². The van der Waals surface area contributed by atoms with Gasteiger partial charge in [-0.05, 0) is 30.2 Å². The summed E-state index contributed by atoms with van der Waals surface area (Å²) in [6.07, 6.45) is 1.04. The fourth-order valence-corrected chi connectivity index (χ4v) is 4.72. The first-order valence-electron chi connectivity index (χ1n) is 9.51. The second-order valence-corrected chi connectivity index (χ2v) is 8.50. The van der Waals surface area contributed by atoms with Gasteiger partial charge in [-0.3, -0.25) is 24.7 Å². The molecule has 2 heterocycles. The fraction of sp³-hybridized carbons (Fsp3) is 0.227. The van der Waals surface area contributed by atoms with Crippen molar-refractivity contribution >= 4 is 33.9 Å². The number of anilines is 1. The second kappa shape index (κ2) is 7.73. The molecule has 4 rings (SSSR count). The molecule has 1 aliphatic rings. The van der Waals surface area contributed by atoms with Crippen LogP contribution in [0.25, 0.3) is 0 Å². The van der Waals surface area contributed by atoms with Crippen LogP contribution >= 0.6 is 11.3 Å². The Labute approximate surface area is 180 Å².